The topological polar surface area (TPSA) is 60.5 Å². The second-order valence-corrected chi connectivity index (χ2v) is 3.97. The van der Waals surface area contributed by atoms with Crippen LogP contribution in [0.4, 0.5) is 0 Å². The summed E-state index contributed by atoms with van der Waals surface area (Å²) in [6, 6.07) is 6.12. The molecule has 1 aromatic rings. The van der Waals surface area contributed by atoms with E-state index in [1.165, 1.54) is 0 Å². The smallest absolute Gasteiger partial charge is 0.101 e. The van der Waals surface area contributed by atoms with Crippen LogP contribution >= 0.6 is 0 Å². The summed E-state index contributed by atoms with van der Waals surface area (Å²) >= 11 is 0. The Morgan fingerprint density at radius 3 is 2.69 bits per heavy atom. The molecule has 2 atom stereocenters. The number of rotatable bonds is 4. The summed E-state index contributed by atoms with van der Waals surface area (Å²) in [6.45, 7) is 4.23. The van der Waals surface area contributed by atoms with Crippen LogP contribution in [0.1, 0.15) is 43.7 Å². The van der Waals surface area contributed by atoms with Crippen LogP contribution in [0.15, 0.2) is 18.5 Å². The number of aromatic nitrogens is 1. The molecule has 0 radical (unpaired) electrons. The summed E-state index contributed by atoms with van der Waals surface area (Å²) in [5.41, 5.74) is 1.55. The van der Waals surface area contributed by atoms with E-state index in [9.17, 15) is 0 Å². The predicted octanol–water partition coefficient (Wildman–Crippen LogP) is 3.00. The van der Waals surface area contributed by atoms with Gasteiger partial charge in [-0.1, -0.05) is 20.3 Å². The minimum atomic E-state index is 0.177. The molecule has 0 fully saturated rings. The van der Waals surface area contributed by atoms with Crippen LogP contribution in [-0.2, 0) is 0 Å². The van der Waals surface area contributed by atoms with Gasteiger partial charge in [-0.05, 0) is 17.5 Å². The van der Waals surface area contributed by atoms with Gasteiger partial charge in [-0.25, -0.2) is 0 Å². The number of hydrogen-bond acceptors (Lipinski definition) is 3. The maximum atomic E-state index is 8.83. The Morgan fingerprint density at radius 2 is 2.12 bits per heavy atom. The monoisotopic (exact) mass is 213 g/mol. The largest absolute Gasteiger partial charge is 0.263 e. The molecule has 0 bridgehead atoms. The van der Waals surface area contributed by atoms with Crippen molar-refractivity contribution in [2.75, 3.05) is 0 Å². The molecule has 0 aliphatic rings. The lowest BCUT2D eigenvalue weighted by molar-refractivity contribution is 0.450. The molecule has 0 N–H and O–H groups in total. The Labute approximate surface area is 96.4 Å². The summed E-state index contributed by atoms with van der Waals surface area (Å²) in [5.74, 6) is 0.603. The molecule has 0 aromatic carbocycles. The minimum Gasteiger partial charge on any atom is -0.263 e. The Kier molecular flexibility index (Phi) is 4.48. The zero-order chi connectivity index (χ0) is 12.0. The zero-order valence-electron chi connectivity index (χ0n) is 9.64. The van der Waals surface area contributed by atoms with Crippen LogP contribution in [0.2, 0.25) is 0 Å². The second-order valence-electron chi connectivity index (χ2n) is 3.97. The van der Waals surface area contributed by atoms with Crippen molar-refractivity contribution in [3.63, 3.8) is 0 Å². The van der Waals surface area contributed by atoms with E-state index in [1.807, 2.05) is 6.07 Å². The van der Waals surface area contributed by atoms with Crippen molar-refractivity contribution < 1.29 is 0 Å². The first-order valence-corrected chi connectivity index (χ1v) is 5.44. The van der Waals surface area contributed by atoms with E-state index in [2.05, 4.69) is 31.0 Å². The standard InChI is InChI=1S/C13H15N3/c1-3-10(2)13(4-5-14)12-6-11(7-15)8-16-9-12/h6,8-10,13H,3-4H2,1-2H3. The summed E-state index contributed by atoms with van der Waals surface area (Å²) in [7, 11) is 0. The third-order valence-corrected chi connectivity index (χ3v) is 2.96. The van der Waals surface area contributed by atoms with Crippen molar-refractivity contribution in [1.82, 2.24) is 4.98 Å². The Morgan fingerprint density at radius 1 is 1.38 bits per heavy atom. The molecule has 2 unspecified atom stereocenters. The molecule has 1 aromatic heterocycles. The summed E-state index contributed by atoms with van der Waals surface area (Å²) in [5, 5.41) is 17.6. The highest BCUT2D eigenvalue weighted by Gasteiger charge is 2.18. The van der Waals surface area contributed by atoms with Crippen molar-refractivity contribution >= 4 is 0 Å². The average Bonchev–Trinajstić information content (AvgIpc) is 2.35. The first-order valence-electron chi connectivity index (χ1n) is 5.44. The average molecular weight is 213 g/mol. The quantitative estimate of drug-likeness (QED) is 0.772. The van der Waals surface area contributed by atoms with Crippen molar-refractivity contribution in [1.29, 1.82) is 10.5 Å². The van der Waals surface area contributed by atoms with Gasteiger partial charge in [0, 0.05) is 24.7 Å². The van der Waals surface area contributed by atoms with Crippen molar-refractivity contribution in [2.24, 2.45) is 5.92 Å². The third-order valence-electron chi connectivity index (χ3n) is 2.96. The molecule has 0 aliphatic heterocycles. The van der Waals surface area contributed by atoms with Gasteiger partial charge in [-0.3, -0.25) is 4.98 Å². The molecule has 0 spiro atoms. The first-order chi connectivity index (χ1) is 7.72. The first kappa shape index (κ1) is 12.2. The molecule has 1 rings (SSSR count). The van der Waals surface area contributed by atoms with E-state index in [4.69, 9.17) is 10.5 Å². The van der Waals surface area contributed by atoms with Crippen LogP contribution in [0.25, 0.3) is 0 Å². The maximum Gasteiger partial charge on any atom is 0.101 e. The van der Waals surface area contributed by atoms with Gasteiger partial charge in [0.25, 0.3) is 0 Å². The minimum absolute atomic E-state index is 0.177. The number of nitrogens with zero attached hydrogens (tertiary/aromatic N) is 3. The molecule has 82 valence electrons. The van der Waals surface area contributed by atoms with Crippen LogP contribution < -0.4 is 0 Å². The number of hydrogen-bond donors (Lipinski definition) is 0. The van der Waals surface area contributed by atoms with E-state index < -0.39 is 0 Å². The zero-order valence-corrected chi connectivity index (χ0v) is 9.64. The number of nitriles is 2. The van der Waals surface area contributed by atoms with E-state index in [-0.39, 0.29) is 5.92 Å². The predicted molar refractivity (Wildman–Crippen MR) is 61.4 cm³/mol. The fourth-order valence-corrected chi connectivity index (χ4v) is 1.75. The van der Waals surface area contributed by atoms with Crippen LogP contribution in [-0.4, -0.2) is 4.98 Å². The van der Waals surface area contributed by atoms with Crippen LogP contribution in [0.3, 0.4) is 0 Å². The highest BCUT2D eigenvalue weighted by molar-refractivity contribution is 5.31. The van der Waals surface area contributed by atoms with Crippen LogP contribution in [0, 0.1) is 28.6 Å². The van der Waals surface area contributed by atoms with Gasteiger partial charge in [0.15, 0.2) is 0 Å². The summed E-state index contributed by atoms with van der Waals surface area (Å²) < 4.78 is 0. The lowest BCUT2D eigenvalue weighted by Crippen LogP contribution is -2.09. The fourth-order valence-electron chi connectivity index (χ4n) is 1.75. The molecule has 3 nitrogen and oxygen atoms in total. The fraction of sp³-hybridized carbons (Fsp3) is 0.462. The molecule has 0 saturated heterocycles. The molecule has 1 heterocycles. The lowest BCUT2D eigenvalue weighted by atomic mass is 9.84. The van der Waals surface area contributed by atoms with Gasteiger partial charge in [0.05, 0.1) is 11.6 Å². The third kappa shape index (κ3) is 2.81. The van der Waals surface area contributed by atoms with Gasteiger partial charge in [-0.2, -0.15) is 10.5 Å². The lowest BCUT2D eigenvalue weighted by Gasteiger charge is -2.20. The van der Waals surface area contributed by atoms with E-state index in [0.717, 1.165) is 12.0 Å². The normalized spacial score (nSPS) is 13.5. The second kappa shape index (κ2) is 5.88. The molecule has 16 heavy (non-hydrogen) atoms. The highest BCUT2D eigenvalue weighted by atomic mass is 14.6. The highest BCUT2D eigenvalue weighted by Crippen LogP contribution is 2.29. The molecule has 0 amide bonds. The van der Waals surface area contributed by atoms with Gasteiger partial charge in [-0.15, -0.1) is 0 Å². The van der Waals surface area contributed by atoms with Gasteiger partial charge < -0.3 is 0 Å². The van der Waals surface area contributed by atoms with Gasteiger partial charge in [0.2, 0.25) is 0 Å². The Bertz CT molecular complexity index is 426. The summed E-state index contributed by atoms with van der Waals surface area (Å²) in [4.78, 5) is 4.04. The van der Waals surface area contributed by atoms with Crippen molar-refractivity contribution in [2.45, 2.75) is 32.6 Å². The molecular weight excluding hydrogens is 198 g/mol. The SMILES string of the molecule is CCC(C)C(CC#N)c1cncc(C#N)c1. The number of pyridine rings is 1. The van der Waals surface area contributed by atoms with Crippen molar-refractivity contribution in [3.05, 3.63) is 29.6 Å². The van der Waals surface area contributed by atoms with Crippen molar-refractivity contribution in [3.8, 4) is 12.1 Å². The molecule has 0 saturated carbocycles. The van der Waals surface area contributed by atoms with Gasteiger partial charge in [0.1, 0.15) is 6.07 Å². The van der Waals surface area contributed by atoms with Gasteiger partial charge >= 0.3 is 0 Å². The molecule has 3 heteroatoms. The molecular formula is C13H15N3. The summed E-state index contributed by atoms with van der Waals surface area (Å²) in [6.07, 6.45) is 4.80. The molecule has 0 aliphatic carbocycles. The van der Waals surface area contributed by atoms with Crippen LogP contribution in [0.5, 0.6) is 0 Å². The Balaban J connectivity index is 3.02. The van der Waals surface area contributed by atoms with E-state index in [0.29, 0.717) is 17.9 Å². The Hall–Kier alpha value is -1.87. The maximum absolute atomic E-state index is 8.83. The van der Waals surface area contributed by atoms with E-state index in [1.54, 1.807) is 12.4 Å². The van der Waals surface area contributed by atoms with E-state index >= 15 is 0 Å².